The van der Waals surface area contributed by atoms with Gasteiger partial charge in [0.1, 0.15) is 6.61 Å². The van der Waals surface area contributed by atoms with Crippen LogP contribution in [0.3, 0.4) is 0 Å². The topological polar surface area (TPSA) is 30.5 Å². The summed E-state index contributed by atoms with van der Waals surface area (Å²) in [6, 6.07) is 17.8. The van der Waals surface area contributed by atoms with Crippen molar-refractivity contribution in [2.75, 3.05) is 11.9 Å². The minimum absolute atomic E-state index is 0.362. The Kier molecular flexibility index (Phi) is 7.29. The molecule has 0 aromatic heterocycles. The van der Waals surface area contributed by atoms with Crippen LogP contribution in [0.4, 0.5) is 5.69 Å². The molecule has 0 spiro atoms. The van der Waals surface area contributed by atoms with Crippen LogP contribution in [0.1, 0.15) is 29.2 Å². The lowest BCUT2D eigenvalue weighted by atomic mass is 10.1. The molecular formula is C24H25Cl2NO2. The normalized spacial score (nSPS) is 10.7. The second-order valence-electron chi connectivity index (χ2n) is 6.91. The Morgan fingerprint density at radius 1 is 0.862 bits per heavy atom. The summed E-state index contributed by atoms with van der Waals surface area (Å²) in [6.45, 7) is 7.68. The summed E-state index contributed by atoms with van der Waals surface area (Å²) in [4.78, 5) is 0. The molecule has 0 radical (unpaired) electrons. The number of ether oxygens (including phenoxy) is 2. The Morgan fingerprint density at radius 3 is 2.41 bits per heavy atom. The molecule has 0 atom stereocenters. The van der Waals surface area contributed by atoms with Crippen molar-refractivity contribution >= 4 is 28.9 Å². The zero-order valence-corrected chi connectivity index (χ0v) is 18.4. The predicted molar refractivity (Wildman–Crippen MR) is 122 cm³/mol. The van der Waals surface area contributed by atoms with E-state index >= 15 is 0 Å². The van der Waals surface area contributed by atoms with Gasteiger partial charge < -0.3 is 14.8 Å². The fourth-order valence-corrected chi connectivity index (χ4v) is 3.46. The van der Waals surface area contributed by atoms with Crippen molar-refractivity contribution in [1.29, 1.82) is 0 Å². The molecule has 0 aliphatic carbocycles. The highest BCUT2D eigenvalue weighted by Gasteiger charge is 2.13. The molecule has 29 heavy (non-hydrogen) atoms. The van der Waals surface area contributed by atoms with Gasteiger partial charge in [-0.05, 0) is 79.4 Å². The van der Waals surface area contributed by atoms with Crippen molar-refractivity contribution in [3.63, 3.8) is 0 Å². The Hall–Kier alpha value is -2.36. The van der Waals surface area contributed by atoms with Gasteiger partial charge in [-0.3, -0.25) is 0 Å². The molecule has 0 saturated carbocycles. The lowest BCUT2D eigenvalue weighted by Gasteiger charge is -2.16. The Balaban J connectivity index is 1.75. The van der Waals surface area contributed by atoms with Crippen LogP contribution in [0.25, 0.3) is 0 Å². The van der Waals surface area contributed by atoms with Gasteiger partial charge in [-0.25, -0.2) is 0 Å². The van der Waals surface area contributed by atoms with Gasteiger partial charge in [-0.2, -0.15) is 0 Å². The van der Waals surface area contributed by atoms with Gasteiger partial charge in [0.2, 0.25) is 0 Å². The maximum atomic E-state index is 6.54. The van der Waals surface area contributed by atoms with Gasteiger partial charge in [0.05, 0.1) is 11.6 Å². The van der Waals surface area contributed by atoms with Crippen LogP contribution < -0.4 is 14.8 Å². The third kappa shape index (κ3) is 5.81. The van der Waals surface area contributed by atoms with Gasteiger partial charge in [0.15, 0.2) is 11.5 Å². The highest BCUT2D eigenvalue weighted by molar-refractivity contribution is 6.32. The summed E-state index contributed by atoms with van der Waals surface area (Å²) in [6.07, 6.45) is 0. The van der Waals surface area contributed by atoms with E-state index in [4.69, 9.17) is 32.7 Å². The minimum Gasteiger partial charge on any atom is -0.490 e. The van der Waals surface area contributed by atoms with E-state index in [-0.39, 0.29) is 0 Å². The quantitative estimate of drug-likeness (QED) is 0.410. The number of anilines is 1. The molecule has 0 aliphatic heterocycles. The summed E-state index contributed by atoms with van der Waals surface area (Å²) in [7, 11) is 0. The van der Waals surface area contributed by atoms with Gasteiger partial charge >= 0.3 is 0 Å². The molecule has 3 nitrogen and oxygen atoms in total. The number of benzene rings is 3. The maximum Gasteiger partial charge on any atom is 0.180 e. The third-order valence-corrected chi connectivity index (χ3v) is 5.16. The second kappa shape index (κ2) is 9.91. The largest absolute Gasteiger partial charge is 0.490 e. The molecule has 0 aliphatic rings. The van der Waals surface area contributed by atoms with E-state index in [0.29, 0.717) is 41.3 Å². The fraction of sp³-hybridized carbons (Fsp3) is 0.250. The fourth-order valence-electron chi connectivity index (χ4n) is 2.96. The molecule has 0 saturated heterocycles. The molecule has 3 aromatic rings. The van der Waals surface area contributed by atoms with Crippen LogP contribution in [0.5, 0.6) is 11.5 Å². The average molecular weight is 430 g/mol. The van der Waals surface area contributed by atoms with E-state index in [1.54, 1.807) is 0 Å². The number of hydrogen-bond acceptors (Lipinski definition) is 3. The molecule has 0 bridgehead atoms. The van der Waals surface area contributed by atoms with Gasteiger partial charge in [0.25, 0.3) is 0 Å². The Labute approximate surface area is 182 Å². The monoisotopic (exact) mass is 429 g/mol. The van der Waals surface area contributed by atoms with Crippen LogP contribution >= 0.6 is 23.2 Å². The zero-order chi connectivity index (χ0) is 20.8. The average Bonchev–Trinajstić information content (AvgIpc) is 2.68. The number of hydrogen-bond donors (Lipinski definition) is 1. The van der Waals surface area contributed by atoms with Crippen molar-refractivity contribution in [3.05, 3.63) is 86.9 Å². The summed E-state index contributed by atoms with van der Waals surface area (Å²) in [5, 5.41) is 4.64. The molecule has 3 aromatic carbocycles. The summed E-state index contributed by atoms with van der Waals surface area (Å²) in [5.41, 5.74) is 5.60. The SMILES string of the molecule is CCOc1cc(CNc2ccc(C)c(C)c2)cc(Cl)c1OCc1cccc(Cl)c1. The third-order valence-electron chi connectivity index (χ3n) is 4.64. The maximum absolute atomic E-state index is 6.54. The lowest BCUT2D eigenvalue weighted by Crippen LogP contribution is -2.04. The van der Waals surface area contributed by atoms with Crippen molar-refractivity contribution in [2.24, 2.45) is 0 Å². The number of aryl methyl sites for hydroxylation is 2. The zero-order valence-electron chi connectivity index (χ0n) is 16.9. The van der Waals surface area contributed by atoms with Gasteiger partial charge in [-0.1, -0.05) is 41.4 Å². The molecule has 1 N–H and O–H groups in total. The number of halogens is 2. The molecule has 0 unspecified atom stereocenters. The summed E-state index contributed by atoms with van der Waals surface area (Å²) < 4.78 is 11.8. The number of rotatable bonds is 8. The predicted octanol–water partition coefficient (Wildman–Crippen LogP) is 7.20. The van der Waals surface area contributed by atoms with E-state index in [1.807, 2.05) is 43.3 Å². The standard InChI is InChI=1S/C24H25Cl2NO2/c1-4-28-23-13-19(14-27-21-9-8-16(2)17(3)10-21)12-22(26)24(23)29-15-18-6-5-7-20(25)11-18/h5-13,27H,4,14-15H2,1-3H3. The van der Waals surface area contributed by atoms with Gasteiger partial charge in [-0.15, -0.1) is 0 Å². The first-order valence-corrected chi connectivity index (χ1v) is 10.4. The smallest absolute Gasteiger partial charge is 0.180 e. The number of nitrogens with one attached hydrogen (secondary N) is 1. The Morgan fingerprint density at radius 2 is 1.69 bits per heavy atom. The van der Waals surface area contributed by atoms with Crippen molar-refractivity contribution < 1.29 is 9.47 Å². The molecule has 0 fully saturated rings. The molecule has 152 valence electrons. The lowest BCUT2D eigenvalue weighted by molar-refractivity contribution is 0.269. The first-order chi connectivity index (χ1) is 14.0. The summed E-state index contributed by atoms with van der Waals surface area (Å²) in [5.74, 6) is 1.18. The summed E-state index contributed by atoms with van der Waals surface area (Å²) >= 11 is 12.6. The van der Waals surface area contributed by atoms with E-state index < -0.39 is 0 Å². The molecule has 5 heteroatoms. The first kappa shape index (κ1) is 21.4. The van der Waals surface area contributed by atoms with Crippen LogP contribution in [0, 0.1) is 13.8 Å². The molecule has 3 rings (SSSR count). The van der Waals surface area contributed by atoms with Crippen LogP contribution in [0.15, 0.2) is 54.6 Å². The van der Waals surface area contributed by atoms with Crippen LogP contribution in [-0.4, -0.2) is 6.61 Å². The molecular weight excluding hydrogens is 405 g/mol. The highest BCUT2D eigenvalue weighted by Crippen LogP contribution is 2.37. The van der Waals surface area contributed by atoms with E-state index in [2.05, 4.69) is 37.4 Å². The molecule has 0 heterocycles. The Bertz CT molecular complexity index is 989. The first-order valence-electron chi connectivity index (χ1n) is 9.60. The van der Waals surface area contributed by atoms with E-state index in [1.165, 1.54) is 11.1 Å². The van der Waals surface area contributed by atoms with Crippen LogP contribution in [0.2, 0.25) is 10.0 Å². The van der Waals surface area contributed by atoms with E-state index in [0.717, 1.165) is 16.8 Å². The van der Waals surface area contributed by atoms with E-state index in [9.17, 15) is 0 Å². The van der Waals surface area contributed by atoms with Crippen molar-refractivity contribution in [1.82, 2.24) is 0 Å². The van der Waals surface area contributed by atoms with Crippen molar-refractivity contribution in [2.45, 2.75) is 33.9 Å². The minimum atomic E-state index is 0.362. The van der Waals surface area contributed by atoms with Crippen LogP contribution in [-0.2, 0) is 13.2 Å². The highest BCUT2D eigenvalue weighted by atomic mass is 35.5. The van der Waals surface area contributed by atoms with Crippen molar-refractivity contribution in [3.8, 4) is 11.5 Å². The van der Waals surface area contributed by atoms with Gasteiger partial charge in [0, 0.05) is 17.3 Å². The molecule has 0 amide bonds. The second-order valence-corrected chi connectivity index (χ2v) is 7.75.